The van der Waals surface area contributed by atoms with E-state index in [9.17, 15) is 9.90 Å². The van der Waals surface area contributed by atoms with Gasteiger partial charge in [0.15, 0.2) is 0 Å². The zero-order chi connectivity index (χ0) is 23.0. The number of aliphatic imine (C=N–C) groups is 1. The summed E-state index contributed by atoms with van der Waals surface area (Å²) in [6, 6.07) is 29.8. The van der Waals surface area contributed by atoms with Crippen molar-refractivity contribution in [2.45, 2.75) is 18.8 Å². The molecular formula is C27H25N3O2S. The maximum Gasteiger partial charge on any atom is 0.303 e. The Morgan fingerprint density at radius 2 is 1.67 bits per heavy atom. The molecule has 0 saturated carbocycles. The van der Waals surface area contributed by atoms with Gasteiger partial charge < -0.3 is 16.2 Å². The van der Waals surface area contributed by atoms with Gasteiger partial charge in [-0.25, -0.2) is 4.99 Å². The number of aliphatic carboxylic acids is 1. The van der Waals surface area contributed by atoms with Crippen molar-refractivity contribution in [3.8, 4) is 0 Å². The molecule has 3 aromatic carbocycles. The summed E-state index contributed by atoms with van der Waals surface area (Å²) < 4.78 is 0. The quantitative estimate of drug-likeness (QED) is 0.198. The molecule has 6 heteroatoms. The van der Waals surface area contributed by atoms with E-state index in [4.69, 9.17) is 5.73 Å². The van der Waals surface area contributed by atoms with Crippen LogP contribution in [0.1, 0.15) is 34.8 Å². The summed E-state index contributed by atoms with van der Waals surface area (Å²) in [7, 11) is 0. The summed E-state index contributed by atoms with van der Waals surface area (Å²) in [5.74, 6) is -0.366. The molecule has 33 heavy (non-hydrogen) atoms. The van der Waals surface area contributed by atoms with Gasteiger partial charge in [-0.15, -0.1) is 11.3 Å². The van der Waals surface area contributed by atoms with Gasteiger partial charge in [0.2, 0.25) is 0 Å². The fourth-order valence-electron chi connectivity index (χ4n) is 3.71. The van der Waals surface area contributed by atoms with Crippen LogP contribution in [0.2, 0.25) is 0 Å². The highest BCUT2D eigenvalue weighted by atomic mass is 32.1. The smallest absolute Gasteiger partial charge is 0.303 e. The first kappa shape index (κ1) is 22.3. The molecule has 0 aliphatic carbocycles. The maximum absolute atomic E-state index is 11.3. The van der Waals surface area contributed by atoms with Crippen molar-refractivity contribution in [3.63, 3.8) is 0 Å². The molecule has 5 nitrogen and oxygen atoms in total. The molecule has 4 rings (SSSR count). The number of para-hydroxylation sites is 1. The van der Waals surface area contributed by atoms with Gasteiger partial charge in [-0.2, -0.15) is 0 Å². The number of nitrogens with zero attached hydrogens (tertiary/aromatic N) is 1. The first-order valence-electron chi connectivity index (χ1n) is 10.7. The van der Waals surface area contributed by atoms with Crippen molar-refractivity contribution in [1.82, 2.24) is 0 Å². The third kappa shape index (κ3) is 6.08. The number of carboxylic acid groups (broad SMARTS) is 1. The largest absolute Gasteiger partial charge is 0.481 e. The van der Waals surface area contributed by atoms with E-state index in [0.717, 1.165) is 33.1 Å². The summed E-state index contributed by atoms with van der Waals surface area (Å²) in [4.78, 5) is 16.8. The number of hydrogen-bond acceptors (Lipinski definition) is 4. The van der Waals surface area contributed by atoms with Crippen LogP contribution in [0.25, 0.3) is 0 Å². The first-order valence-corrected chi connectivity index (χ1v) is 11.6. The molecule has 1 heterocycles. The molecular weight excluding hydrogens is 430 g/mol. The maximum atomic E-state index is 11.3. The Balaban J connectivity index is 1.59. The molecule has 4 aromatic rings. The number of thiophene rings is 1. The van der Waals surface area contributed by atoms with E-state index in [0.29, 0.717) is 12.3 Å². The van der Waals surface area contributed by atoms with Crippen LogP contribution >= 0.6 is 11.3 Å². The summed E-state index contributed by atoms with van der Waals surface area (Å²) >= 11 is 1.55. The number of carbonyl (C=O) groups is 1. The molecule has 1 aromatic heterocycles. The molecule has 0 fully saturated rings. The second-order valence-corrected chi connectivity index (χ2v) is 8.62. The molecule has 0 saturated heterocycles. The predicted molar refractivity (Wildman–Crippen MR) is 136 cm³/mol. The third-order valence-electron chi connectivity index (χ3n) is 5.32. The third-order valence-corrected chi connectivity index (χ3v) is 6.21. The van der Waals surface area contributed by atoms with Crippen molar-refractivity contribution < 1.29 is 9.90 Å². The Labute approximate surface area is 197 Å². The second-order valence-electron chi connectivity index (χ2n) is 7.67. The summed E-state index contributed by atoms with van der Waals surface area (Å²) in [5, 5.41) is 14.7. The van der Waals surface area contributed by atoms with Crippen LogP contribution < -0.4 is 11.1 Å². The summed E-state index contributed by atoms with van der Waals surface area (Å²) in [5.41, 5.74) is 10.9. The number of anilines is 2. The highest BCUT2D eigenvalue weighted by Crippen LogP contribution is 2.32. The fraction of sp³-hybridized carbons (Fsp3) is 0.111. The molecule has 0 aliphatic rings. The van der Waals surface area contributed by atoms with Crippen molar-refractivity contribution >= 4 is 40.2 Å². The number of benzene rings is 3. The fourth-order valence-corrected chi connectivity index (χ4v) is 4.34. The van der Waals surface area contributed by atoms with Crippen molar-refractivity contribution in [1.29, 1.82) is 0 Å². The second kappa shape index (κ2) is 10.6. The summed E-state index contributed by atoms with van der Waals surface area (Å²) in [6.07, 6.45) is 0.594. The minimum absolute atomic E-state index is 0.0497. The molecule has 0 aliphatic heterocycles. The Hall–Kier alpha value is -3.90. The lowest BCUT2D eigenvalue weighted by molar-refractivity contribution is -0.137. The van der Waals surface area contributed by atoms with Gasteiger partial charge in [-0.1, -0.05) is 48.5 Å². The average molecular weight is 456 g/mol. The molecule has 4 N–H and O–H groups in total. The lowest BCUT2D eigenvalue weighted by atomic mass is 9.87. The molecule has 0 amide bonds. The molecule has 0 radical (unpaired) electrons. The van der Waals surface area contributed by atoms with Gasteiger partial charge in [0.25, 0.3) is 0 Å². The molecule has 0 bridgehead atoms. The molecule has 1 atom stereocenters. The topological polar surface area (TPSA) is 87.7 Å². The van der Waals surface area contributed by atoms with Crippen molar-refractivity contribution in [3.05, 3.63) is 112 Å². The Kier molecular flexibility index (Phi) is 7.17. The molecule has 166 valence electrons. The van der Waals surface area contributed by atoms with E-state index in [1.54, 1.807) is 11.3 Å². The number of hydrogen-bond donors (Lipinski definition) is 3. The van der Waals surface area contributed by atoms with Crippen LogP contribution in [0.4, 0.5) is 17.1 Å². The Morgan fingerprint density at radius 1 is 0.909 bits per heavy atom. The van der Waals surface area contributed by atoms with Gasteiger partial charge in [-0.3, -0.25) is 4.79 Å². The van der Waals surface area contributed by atoms with Crippen LogP contribution in [0.15, 0.2) is 101 Å². The zero-order valence-corrected chi connectivity index (χ0v) is 18.8. The van der Waals surface area contributed by atoms with E-state index < -0.39 is 5.97 Å². The van der Waals surface area contributed by atoms with Gasteiger partial charge in [0, 0.05) is 23.7 Å². The van der Waals surface area contributed by atoms with Crippen LogP contribution in [0.3, 0.4) is 0 Å². The van der Waals surface area contributed by atoms with Crippen LogP contribution in [-0.4, -0.2) is 16.9 Å². The SMILES string of the molecule is NC(=Nc1ccc(C(CCC(=O)O)c2cccc(Nc3ccccc3)c2)cc1)c1cccs1. The highest BCUT2D eigenvalue weighted by molar-refractivity contribution is 7.12. The standard InChI is InChI=1S/C27H25N3O2S/c28-27(25-10-5-17-33-25)30-22-13-11-19(12-14-22)24(15-16-26(31)32)20-6-4-9-23(18-20)29-21-7-2-1-3-8-21/h1-14,17-18,24,29H,15-16H2,(H2,28,30)(H,31,32). The zero-order valence-electron chi connectivity index (χ0n) is 18.0. The number of nitrogens with two attached hydrogens (primary N) is 1. The average Bonchev–Trinajstić information content (AvgIpc) is 3.36. The van der Waals surface area contributed by atoms with Crippen LogP contribution in [0, 0.1) is 0 Å². The van der Waals surface area contributed by atoms with Crippen LogP contribution in [0.5, 0.6) is 0 Å². The normalized spacial score (nSPS) is 12.3. The molecule has 0 spiro atoms. The van der Waals surface area contributed by atoms with Crippen LogP contribution in [-0.2, 0) is 4.79 Å². The van der Waals surface area contributed by atoms with Gasteiger partial charge in [0.05, 0.1) is 10.6 Å². The Morgan fingerprint density at radius 3 is 2.36 bits per heavy atom. The van der Waals surface area contributed by atoms with Gasteiger partial charge in [-0.05, 0) is 65.4 Å². The first-order chi connectivity index (χ1) is 16.1. The molecule has 1 unspecified atom stereocenters. The van der Waals surface area contributed by atoms with Gasteiger partial charge in [0.1, 0.15) is 5.84 Å². The number of carboxylic acids is 1. The highest BCUT2D eigenvalue weighted by Gasteiger charge is 2.17. The van der Waals surface area contributed by atoms with Crippen molar-refractivity contribution in [2.75, 3.05) is 5.32 Å². The lowest BCUT2D eigenvalue weighted by Gasteiger charge is -2.19. The number of rotatable bonds is 9. The van der Waals surface area contributed by atoms with Crippen molar-refractivity contribution in [2.24, 2.45) is 10.7 Å². The minimum Gasteiger partial charge on any atom is -0.481 e. The summed E-state index contributed by atoms with van der Waals surface area (Å²) in [6.45, 7) is 0. The predicted octanol–water partition coefficient (Wildman–Crippen LogP) is 6.53. The Bertz CT molecular complexity index is 1220. The van der Waals surface area contributed by atoms with E-state index in [1.807, 2.05) is 90.3 Å². The lowest BCUT2D eigenvalue weighted by Crippen LogP contribution is -2.10. The van der Waals surface area contributed by atoms with E-state index in [1.165, 1.54) is 0 Å². The minimum atomic E-state index is -0.802. The van der Waals surface area contributed by atoms with E-state index in [-0.39, 0.29) is 12.3 Å². The number of amidine groups is 1. The number of nitrogens with one attached hydrogen (secondary N) is 1. The van der Waals surface area contributed by atoms with E-state index >= 15 is 0 Å². The van der Waals surface area contributed by atoms with E-state index in [2.05, 4.69) is 16.4 Å². The van der Waals surface area contributed by atoms with Gasteiger partial charge >= 0.3 is 5.97 Å². The monoisotopic (exact) mass is 455 g/mol.